The van der Waals surface area contributed by atoms with Crippen molar-refractivity contribution < 1.29 is 22.8 Å². The Balaban J connectivity index is 1.67. The molecule has 0 radical (unpaired) electrons. The smallest absolute Gasteiger partial charge is 0.333 e. The Bertz CT molecular complexity index is 831. The Morgan fingerprint density at radius 3 is 2.77 bits per heavy atom. The minimum Gasteiger partial charge on any atom is -0.333 e. The summed E-state index contributed by atoms with van der Waals surface area (Å²) >= 11 is 0. The van der Waals surface area contributed by atoms with Crippen LogP contribution in [0, 0.1) is 12.8 Å². The molecule has 1 unspecified atom stereocenters. The summed E-state index contributed by atoms with van der Waals surface area (Å²) in [6, 6.07) is 8.78. The zero-order chi connectivity index (χ0) is 18.9. The van der Waals surface area contributed by atoms with Gasteiger partial charge in [-0.3, -0.25) is 9.59 Å². The molecular weight excluding hydrogens is 349 g/mol. The van der Waals surface area contributed by atoms with Gasteiger partial charge in [0.05, 0.1) is 11.6 Å². The van der Waals surface area contributed by atoms with E-state index in [1.54, 1.807) is 29.1 Å². The maximum Gasteiger partial charge on any atom is 0.406 e. The van der Waals surface area contributed by atoms with Gasteiger partial charge in [-0.1, -0.05) is 6.07 Å². The van der Waals surface area contributed by atoms with Gasteiger partial charge < -0.3 is 10.2 Å². The molecule has 1 aliphatic rings. The highest BCUT2D eigenvalue weighted by Gasteiger charge is 2.40. The monoisotopic (exact) mass is 366 g/mol. The van der Waals surface area contributed by atoms with Crippen LogP contribution in [0.1, 0.15) is 12.1 Å². The molecule has 1 N–H and O–H groups in total. The second-order valence-electron chi connectivity index (χ2n) is 6.21. The van der Waals surface area contributed by atoms with Crippen LogP contribution in [0.4, 0.5) is 18.9 Å². The van der Waals surface area contributed by atoms with Gasteiger partial charge in [0.2, 0.25) is 11.8 Å². The average molecular weight is 366 g/mol. The Labute approximate surface area is 147 Å². The van der Waals surface area contributed by atoms with Gasteiger partial charge in [-0.05, 0) is 31.2 Å². The van der Waals surface area contributed by atoms with Gasteiger partial charge in [0, 0.05) is 30.5 Å². The second-order valence-corrected chi connectivity index (χ2v) is 6.21. The molecule has 1 aromatic carbocycles. The highest BCUT2D eigenvalue weighted by molar-refractivity contribution is 5.97. The highest BCUT2D eigenvalue weighted by Crippen LogP contribution is 2.25. The first kappa shape index (κ1) is 18.0. The number of rotatable bonds is 4. The van der Waals surface area contributed by atoms with Crippen molar-refractivity contribution in [3.05, 3.63) is 42.2 Å². The molecule has 26 heavy (non-hydrogen) atoms. The number of halogens is 3. The summed E-state index contributed by atoms with van der Waals surface area (Å²) in [5.41, 5.74) is 2.15. The van der Waals surface area contributed by atoms with Crippen LogP contribution in [-0.2, 0) is 9.59 Å². The summed E-state index contributed by atoms with van der Waals surface area (Å²) in [6.07, 6.45) is -3.04. The van der Waals surface area contributed by atoms with Crippen LogP contribution >= 0.6 is 0 Å². The normalized spacial score (nSPS) is 17.6. The van der Waals surface area contributed by atoms with E-state index in [4.69, 9.17) is 0 Å². The van der Waals surface area contributed by atoms with Gasteiger partial charge in [-0.2, -0.15) is 18.3 Å². The largest absolute Gasteiger partial charge is 0.406 e. The standard InChI is InChI=1S/C17H17F3N4O2/c1-11-5-6-21-24(11)14-4-2-3-13(8-14)22-16(26)12-7-15(25)23(9-12)10-17(18,19)20/h2-6,8,12H,7,9-10H2,1H3,(H,22,26). The first-order valence-electron chi connectivity index (χ1n) is 7.99. The molecule has 1 atom stereocenters. The minimum atomic E-state index is -4.48. The predicted molar refractivity (Wildman–Crippen MR) is 87.7 cm³/mol. The second kappa shape index (κ2) is 6.81. The number of carbonyl (C=O) groups is 2. The number of hydrogen-bond acceptors (Lipinski definition) is 3. The molecule has 9 heteroatoms. The zero-order valence-electron chi connectivity index (χ0n) is 14.0. The maximum absolute atomic E-state index is 12.5. The molecule has 1 saturated heterocycles. The average Bonchev–Trinajstić information content (AvgIpc) is 3.12. The minimum absolute atomic E-state index is 0.222. The van der Waals surface area contributed by atoms with Crippen LogP contribution < -0.4 is 5.32 Å². The van der Waals surface area contributed by atoms with Crippen molar-refractivity contribution >= 4 is 17.5 Å². The Kier molecular flexibility index (Phi) is 4.71. The molecule has 138 valence electrons. The third-order valence-corrected chi connectivity index (χ3v) is 4.15. The number of likely N-dealkylation sites (tertiary alicyclic amines) is 1. The van der Waals surface area contributed by atoms with Crippen molar-refractivity contribution in [1.82, 2.24) is 14.7 Å². The molecule has 1 fully saturated rings. The van der Waals surface area contributed by atoms with Crippen molar-refractivity contribution in [1.29, 1.82) is 0 Å². The SMILES string of the molecule is Cc1ccnn1-c1cccc(NC(=O)C2CC(=O)N(CC(F)(F)F)C2)c1. The predicted octanol–water partition coefficient (Wildman–Crippen LogP) is 2.53. The number of amides is 2. The van der Waals surface area contributed by atoms with Crippen molar-refractivity contribution in [3.63, 3.8) is 0 Å². The lowest BCUT2D eigenvalue weighted by atomic mass is 10.1. The zero-order valence-corrected chi connectivity index (χ0v) is 14.0. The van der Waals surface area contributed by atoms with E-state index in [0.29, 0.717) is 10.6 Å². The van der Waals surface area contributed by atoms with E-state index in [1.807, 2.05) is 19.1 Å². The molecule has 1 aromatic heterocycles. The fraction of sp³-hybridized carbons (Fsp3) is 0.353. The fourth-order valence-electron chi connectivity index (χ4n) is 2.92. The summed E-state index contributed by atoms with van der Waals surface area (Å²) in [7, 11) is 0. The van der Waals surface area contributed by atoms with Gasteiger partial charge in [0.25, 0.3) is 0 Å². The third kappa shape index (κ3) is 4.04. The highest BCUT2D eigenvalue weighted by atomic mass is 19.4. The Morgan fingerprint density at radius 2 is 2.12 bits per heavy atom. The van der Waals surface area contributed by atoms with Crippen LogP contribution in [0.2, 0.25) is 0 Å². The number of alkyl halides is 3. The number of nitrogens with one attached hydrogen (secondary N) is 1. The van der Waals surface area contributed by atoms with E-state index >= 15 is 0 Å². The lowest BCUT2D eigenvalue weighted by Gasteiger charge is -2.18. The number of anilines is 1. The molecule has 0 bridgehead atoms. The molecule has 0 aliphatic carbocycles. The van der Waals surface area contributed by atoms with Crippen molar-refractivity contribution in [2.24, 2.45) is 5.92 Å². The number of aryl methyl sites for hydroxylation is 1. The number of aromatic nitrogens is 2. The van der Waals surface area contributed by atoms with Crippen LogP contribution in [0.15, 0.2) is 36.5 Å². The summed E-state index contributed by atoms with van der Waals surface area (Å²) in [5, 5.41) is 6.85. The van der Waals surface area contributed by atoms with Gasteiger partial charge in [0.1, 0.15) is 6.54 Å². The van der Waals surface area contributed by atoms with E-state index in [2.05, 4.69) is 10.4 Å². The summed E-state index contributed by atoms with van der Waals surface area (Å²) in [6.45, 7) is 0.323. The molecule has 2 heterocycles. The lowest BCUT2D eigenvalue weighted by Crippen LogP contribution is -2.36. The molecule has 0 spiro atoms. The quantitative estimate of drug-likeness (QED) is 0.904. The molecule has 1 aliphatic heterocycles. The van der Waals surface area contributed by atoms with E-state index < -0.39 is 30.5 Å². The van der Waals surface area contributed by atoms with Gasteiger partial charge in [0.15, 0.2) is 0 Å². The molecule has 2 aromatic rings. The van der Waals surface area contributed by atoms with Gasteiger partial charge in [-0.25, -0.2) is 4.68 Å². The molecule has 3 rings (SSSR count). The van der Waals surface area contributed by atoms with Gasteiger partial charge >= 0.3 is 6.18 Å². The third-order valence-electron chi connectivity index (χ3n) is 4.15. The van der Waals surface area contributed by atoms with E-state index in [9.17, 15) is 22.8 Å². The maximum atomic E-state index is 12.5. The number of hydrogen-bond donors (Lipinski definition) is 1. The topological polar surface area (TPSA) is 67.2 Å². The van der Waals surface area contributed by atoms with E-state index in [1.165, 1.54) is 0 Å². The molecule has 6 nitrogen and oxygen atoms in total. The van der Waals surface area contributed by atoms with Crippen LogP contribution in [0.3, 0.4) is 0 Å². The summed E-state index contributed by atoms with van der Waals surface area (Å²) < 4.78 is 39.1. The van der Waals surface area contributed by atoms with E-state index in [-0.39, 0.29) is 13.0 Å². The molecule has 2 amide bonds. The lowest BCUT2D eigenvalue weighted by molar-refractivity contribution is -0.157. The number of carbonyl (C=O) groups excluding carboxylic acids is 2. The molecular formula is C17H17F3N4O2. The van der Waals surface area contributed by atoms with E-state index in [0.717, 1.165) is 11.4 Å². The van der Waals surface area contributed by atoms with Crippen molar-refractivity contribution in [2.75, 3.05) is 18.4 Å². The van der Waals surface area contributed by atoms with Crippen molar-refractivity contribution in [3.8, 4) is 5.69 Å². The number of nitrogens with zero attached hydrogens (tertiary/aromatic N) is 3. The van der Waals surface area contributed by atoms with Crippen LogP contribution in [0.5, 0.6) is 0 Å². The first-order chi connectivity index (χ1) is 12.2. The Morgan fingerprint density at radius 1 is 1.35 bits per heavy atom. The first-order valence-corrected chi connectivity index (χ1v) is 7.99. The van der Waals surface area contributed by atoms with Crippen LogP contribution in [0.25, 0.3) is 5.69 Å². The molecule has 0 saturated carbocycles. The van der Waals surface area contributed by atoms with Crippen LogP contribution in [-0.4, -0.2) is 45.8 Å². The number of benzene rings is 1. The Hall–Kier alpha value is -2.84. The van der Waals surface area contributed by atoms with Gasteiger partial charge in [-0.15, -0.1) is 0 Å². The van der Waals surface area contributed by atoms with Crippen molar-refractivity contribution in [2.45, 2.75) is 19.5 Å². The summed E-state index contributed by atoms with van der Waals surface area (Å²) in [5.74, 6) is -1.94. The summed E-state index contributed by atoms with van der Waals surface area (Å²) in [4.78, 5) is 24.7. The fourth-order valence-corrected chi connectivity index (χ4v) is 2.92.